The highest BCUT2D eigenvalue weighted by molar-refractivity contribution is 7.99. The van der Waals surface area contributed by atoms with Crippen LogP contribution in [0.2, 0.25) is 5.02 Å². The van der Waals surface area contributed by atoms with E-state index >= 15 is 0 Å². The molecule has 0 aliphatic carbocycles. The molecule has 0 aliphatic heterocycles. The third-order valence-electron chi connectivity index (χ3n) is 6.17. The molecular formula is C29H28ClF3N2OS. The first-order chi connectivity index (χ1) is 17.6. The molecule has 4 rings (SSSR count). The van der Waals surface area contributed by atoms with E-state index in [1.54, 1.807) is 30.0 Å². The fourth-order valence-electron chi connectivity index (χ4n) is 4.53. The number of fused-ring (bicyclic) bond motifs is 1. The van der Waals surface area contributed by atoms with Crippen molar-refractivity contribution < 1.29 is 18.0 Å². The summed E-state index contributed by atoms with van der Waals surface area (Å²) in [5, 5.41) is 4.33. The molecule has 0 bridgehead atoms. The van der Waals surface area contributed by atoms with Gasteiger partial charge in [0, 0.05) is 51.1 Å². The van der Waals surface area contributed by atoms with Gasteiger partial charge in [0.2, 0.25) is 0 Å². The van der Waals surface area contributed by atoms with Crippen LogP contribution in [0.25, 0.3) is 10.9 Å². The number of halogens is 4. The summed E-state index contributed by atoms with van der Waals surface area (Å²) in [6, 6.07) is 18.7. The molecule has 1 heterocycles. The van der Waals surface area contributed by atoms with Gasteiger partial charge in [-0.15, -0.1) is 11.8 Å². The number of alkyl halides is 3. The molecule has 1 amide bonds. The Bertz CT molecular complexity index is 1430. The molecule has 1 N–H and O–H groups in total. The van der Waals surface area contributed by atoms with Crippen molar-refractivity contribution >= 4 is 40.2 Å². The highest BCUT2D eigenvalue weighted by Crippen LogP contribution is 2.34. The van der Waals surface area contributed by atoms with Crippen LogP contribution in [0.3, 0.4) is 0 Å². The summed E-state index contributed by atoms with van der Waals surface area (Å²) in [4.78, 5) is 14.0. The van der Waals surface area contributed by atoms with E-state index < -0.39 is 11.7 Å². The molecule has 0 atom stereocenters. The molecule has 0 aliphatic rings. The van der Waals surface area contributed by atoms with Gasteiger partial charge in [0.25, 0.3) is 5.91 Å². The molecule has 0 saturated carbocycles. The number of carbonyl (C=O) groups is 1. The summed E-state index contributed by atoms with van der Waals surface area (Å²) >= 11 is 8.09. The number of benzene rings is 3. The summed E-state index contributed by atoms with van der Waals surface area (Å²) in [5.41, 5.74) is 2.53. The van der Waals surface area contributed by atoms with Gasteiger partial charge in [0.1, 0.15) is 0 Å². The number of hydrogen-bond donors (Lipinski definition) is 1. The maximum Gasteiger partial charge on any atom is 0.416 e. The van der Waals surface area contributed by atoms with Gasteiger partial charge in [-0.3, -0.25) is 4.79 Å². The highest BCUT2D eigenvalue weighted by Gasteiger charge is 2.33. The van der Waals surface area contributed by atoms with Crippen molar-refractivity contribution in [2.45, 2.75) is 50.9 Å². The topological polar surface area (TPSA) is 34.0 Å². The standard InChI is InChI=1S/C29H28ClF3N2OS/c1-4-37-24-11-9-21(26(30)16-24)17-34-28(36)20-10-12-27-22(13-20)15-23(35(27)18(2)3)14-19-7-5-6-8-25(19)29(31,32)33/h5-13,15-16,18H,4,14,17H2,1-3H3,(H,34,36). The molecule has 3 nitrogen and oxygen atoms in total. The summed E-state index contributed by atoms with van der Waals surface area (Å²) in [5.74, 6) is 0.704. The van der Waals surface area contributed by atoms with Crippen LogP contribution in [0.15, 0.2) is 71.6 Å². The van der Waals surface area contributed by atoms with E-state index in [4.69, 9.17) is 11.6 Å². The number of carbonyl (C=O) groups excluding carboxylic acids is 1. The number of hydrogen-bond acceptors (Lipinski definition) is 2. The second kappa shape index (κ2) is 11.2. The third kappa shape index (κ3) is 6.16. The Morgan fingerprint density at radius 3 is 2.46 bits per heavy atom. The number of amides is 1. The van der Waals surface area contributed by atoms with E-state index in [0.717, 1.165) is 38.9 Å². The minimum atomic E-state index is -4.42. The van der Waals surface area contributed by atoms with Crippen molar-refractivity contribution in [1.82, 2.24) is 9.88 Å². The Morgan fingerprint density at radius 2 is 1.78 bits per heavy atom. The lowest BCUT2D eigenvalue weighted by Gasteiger charge is -2.17. The molecule has 0 spiro atoms. The normalized spacial score (nSPS) is 11.9. The maximum absolute atomic E-state index is 13.6. The largest absolute Gasteiger partial charge is 0.416 e. The number of thioether (sulfide) groups is 1. The van der Waals surface area contributed by atoms with Gasteiger partial charge < -0.3 is 9.88 Å². The summed E-state index contributed by atoms with van der Waals surface area (Å²) in [7, 11) is 0. The summed E-state index contributed by atoms with van der Waals surface area (Å²) in [6.07, 6.45) is -4.29. The number of nitrogens with zero attached hydrogens (tertiary/aromatic N) is 1. The lowest BCUT2D eigenvalue weighted by atomic mass is 10.0. The van der Waals surface area contributed by atoms with Crippen molar-refractivity contribution in [1.29, 1.82) is 0 Å². The fourth-order valence-corrected chi connectivity index (χ4v) is 5.54. The minimum absolute atomic E-state index is 0.0289. The van der Waals surface area contributed by atoms with E-state index in [9.17, 15) is 18.0 Å². The molecular weight excluding hydrogens is 517 g/mol. The second-order valence-corrected chi connectivity index (χ2v) is 10.8. The van der Waals surface area contributed by atoms with Crippen molar-refractivity contribution in [3.63, 3.8) is 0 Å². The van der Waals surface area contributed by atoms with Crippen molar-refractivity contribution in [2.24, 2.45) is 0 Å². The van der Waals surface area contributed by atoms with Crippen molar-refractivity contribution in [3.05, 3.63) is 99.7 Å². The molecule has 3 aromatic carbocycles. The lowest BCUT2D eigenvalue weighted by Crippen LogP contribution is -2.22. The SMILES string of the molecule is CCSc1ccc(CNC(=O)c2ccc3c(c2)cc(Cc2ccccc2C(F)(F)F)n3C(C)C)c(Cl)c1. The first-order valence-electron chi connectivity index (χ1n) is 12.1. The molecule has 1 aromatic heterocycles. The predicted octanol–water partition coefficient (Wildman–Crippen LogP) is 8.53. The quantitative estimate of drug-likeness (QED) is 0.225. The first-order valence-corrected chi connectivity index (χ1v) is 13.4. The zero-order chi connectivity index (χ0) is 26.7. The monoisotopic (exact) mass is 544 g/mol. The van der Waals surface area contributed by atoms with Crippen LogP contribution in [-0.2, 0) is 19.1 Å². The zero-order valence-corrected chi connectivity index (χ0v) is 22.4. The van der Waals surface area contributed by atoms with Crippen LogP contribution < -0.4 is 5.32 Å². The summed E-state index contributed by atoms with van der Waals surface area (Å²) in [6.45, 7) is 6.35. The Kier molecular flexibility index (Phi) is 8.24. The molecule has 4 aromatic rings. The van der Waals surface area contributed by atoms with Crippen LogP contribution in [0, 0.1) is 0 Å². The van der Waals surface area contributed by atoms with Gasteiger partial charge >= 0.3 is 6.18 Å². The predicted molar refractivity (Wildman–Crippen MR) is 146 cm³/mol. The molecule has 8 heteroatoms. The van der Waals surface area contributed by atoms with Crippen molar-refractivity contribution in [2.75, 3.05) is 5.75 Å². The lowest BCUT2D eigenvalue weighted by molar-refractivity contribution is -0.138. The van der Waals surface area contributed by atoms with Crippen LogP contribution in [0.4, 0.5) is 13.2 Å². The molecule has 0 saturated heterocycles. The van der Waals surface area contributed by atoms with Gasteiger partial charge in [0.15, 0.2) is 0 Å². The van der Waals surface area contributed by atoms with Crippen LogP contribution in [-0.4, -0.2) is 16.2 Å². The van der Waals surface area contributed by atoms with Crippen LogP contribution in [0.1, 0.15) is 59.6 Å². The van der Waals surface area contributed by atoms with E-state index in [2.05, 4.69) is 12.2 Å². The average Bonchev–Trinajstić information content (AvgIpc) is 3.20. The fraction of sp³-hybridized carbons (Fsp3) is 0.276. The van der Waals surface area contributed by atoms with Crippen molar-refractivity contribution in [3.8, 4) is 0 Å². The van der Waals surface area contributed by atoms with Gasteiger partial charge in [0.05, 0.1) is 5.56 Å². The number of nitrogens with one attached hydrogen (secondary N) is 1. The van der Waals surface area contributed by atoms with E-state index in [0.29, 0.717) is 17.1 Å². The van der Waals surface area contributed by atoms with Crippen LogP contribution in [0.5, 0.6) is 0 Å². The zero-order valence-electron chi connectivity index (χ0n) is 20.8. The number of aromatic nitrogens is 1. The second-order valence-electron chi connectivity index (χ2n) is 9.07. The van der Waals surface area contributed by atoms with E-state index in [-0.39, 0.29) is 23.9 Å². The molecule has 0 fully saturated rings. The summed E-state index contributed by atoms with van der Waals surface area (Å²) < 4.78 is 42.7. The first kappa shape index (κ1) is 27.1. The van der Waals surface area contributed by atoms with Crippen LogP contribution >= 0.6 is 23.4 Å². The third-order valence-corrected chi connectivity index (χ3v) is 7.39. The van der Waals surface area contributed by atoms with E-state index in [1.807, 2.05) is 48.7 Å². The van der Waals surface area contributed by atoms with Gasteiger partial charge in [-0.25, -0.2) is 0 Å². The number of rotatable bonds is 8. The Balaban J connectivity index is 1.59. The minimum Gasteiger partial charge on any atom is -0.348 e. The smallest absolute Gasteiger partial charge is 0.348 e. The van der Waals surface area contributed by atoms with Gasteiger partial charge in [-0.05, 0) is 73.2 Å². The van der Waals surface area contributed by atoms with E-state index in [1.165, 1.54) is 12.1 Å². The molecule has 0 unspecified atom stereocenters. The van der Waals surface area contributed by atoms with Gasteiger partial charge in [-0.2, -0.15) is 13.2 Å². The maximum atomic E-state index is 13.6. The Hall–Kier alpha value is -2.90. The molecule has 37 heavy (non-hydrogen) atoms. The Morgan fingerprint density at radius 1 is 1.03 bits per heavy atom. The Labute approximate surface area is 224 Å². The van der Waals surface area contributed by atoms with Gasteiger partial charge in [-0.1, -0.05) is 42.8 Å². The molecule has 194 valence electrons. The average molecular weight is 545 g/mol. The highest BCUT2D eigenvalue weighted by atomic mass is 35.5. The molecule has 0 radical (unpaired) electrons.